The van der Waals surface area contributed by atoms with E-state index in [1.54, 1.807) is 17.8 Å². The first kappa shape index (κ1) is 28.1. The highest BCUT2D eigenvalue weighted by molar-refractivity contribution is 6.02. The van der Waals surface area contributed by atoms with Crippen LogP contribution in [0.1, 0.15) is 73.9 Å². The number of anilines is 1. The third kappa shape index (κ3) is 6.64. The Balaban J connectivity index is 1.44. The molecular weight excluding hydrogens is 502 g/mol. The minimum Gasteiger partial charge on any atom is -0.462 e. The summed E-state index contributed by atoms with van der Waals surface area (Å²) in [4.78, 5) is 29.1. The Hall–Kier alpha value is -3.45. The van der Waals surface area contributed by atoms with Crippen LogP contribution in [0.2, 0.25) is 0 Å². The zero-order valence-electron chi connectivity index (χ0n) is 23.8. The van der Waals surface area contributed by atoms with Crippen LogP contribution in [0.5, 0.6) is 0 Å². The SMILES string of the molecule is CCOC(=O)c1cn(-c2ccc(CCc3ccccc3)cc2)nc1N(C(=O)C1CCC(C)CC1)C1CCOCC1. The van der Waals surface area contributed by atoms with Gasteiger partial charge in [-0.1, -0.05) is 49.4 Å². The molecule has 0 unspecified atom stereocenters. The number of ether oxygens (including phenoxy) is 2. The molecule has 1 saturated carbocycles. The lowest BCUT2D eigenvalue weighted by atomic mass is 9.82. The van der Waals surface area contributed by atoms with Gasteiger partial charge in [-0.15, -0.1) is 5.10 Å². The summed E-state index contributed by atoms with van der Waals surface area (Å²) in [6.07, 6.45) is 8.92. The number of nitrogens with zero attached hydrogens (tertiary/aromatic N) is 3. The van der Waals surface area contributed by atoms with Gasteiger partial charge in [0.1, 0.15) is 5.56 Å². The molecule has 2 fully saturated rings. The van der Waals surface area contributed by atoms with Crippen molar-refractivity contribution in [1.82, 2.24) is 9.78 Å². The maximum absolute atomic E-state index is 14.1. The third-order valence-corrected chi connectivity index (χ3v) is 8.32. The molecule has 2 aliphatic rings. The number of hydrogen-bond acceptors (Lipinski definition) is 5. The van der Waals surface area contributed by atoms with Crippen LogP contribution < -0.4 is 4.90 Å². The van der Waals surface area contributed by atoms with Gasteiger partial charge in [0.05, 0.1) is 12.3 Å². The molecule has 7 nitrogen and oxygen atoms in total. The Morgan fingerprint density at radius 3 is 2.23 bits per heavy atom. The molecule has 0 N–H and O–H groups in total. The van der Waals surface area contributed by atoms with E-state index in [1.165, 1.54) is 11.1 Å². The van der Waals surface area contributed by atoms with Crippen LogP contribution in [0, 0.1) is 11.8 Å². The van der Waals surface area contributed by atoms with Gasteiger partial charge in [0.2, 0.25) is 5.91 Å². The van der Waals surface area contributed by atoms with E-state index in [0.29, 0.717) is 30.5 Å². The molecule has 0 spiro atoms. The predicted molar refractivity (Wildman–Crippen MR) is 156 cm³/mol. The highest BCUT2D eigenvalue weighted by Gasteiger charge is 2.37. The Bertz CT molecular complexity index is 1260. The molecule has 3 aromatic rings. The molecule has 0 radical (unpaired) electrons. The molecule has 1 saturated heterocycles. The first-order chi connectivity index (χ1) is 19.5. The highest BCUT2D eigenvalue weighted by atomic mass is 16.5. The second-order valence-electron chi connectivity index (χ2n) is 11.2. The summed E-state index contributed by atoms with van der Waals surface area (Å²) in [7, 11) is 0. The summed E-state index contributed by atoms with van der Waals surface area (Å²) in [6, 6.07) is 18.7. The number of carbonyl (C=O) groups is 2. The predicted octanol–water partition coefficient (Wildman–Crippen LogP) is 6.17. The van der Waals surface area contributed by atoms with Crippen molar-refractivity contribution >= 4 is 17.7 Å². The average molecular weight is 544 g/mol. The van der Waals surface area contributed by atoms with Gasteiger partial charge in [0.15, 0.2) is 5.82 Å². The Morgan fingerprint density at radius 1 is 0.925 bits per heavy atom. The Morgan fingerprint density at radius 2 is 1.57 bits per heavy atom. The fourth-order valence-corrected chi connectivity index (χ4v) is 5.88. The number of aryl methyl sites for hydroxylation is 2. The lowest BCUT2D eigenvalue weighted by molar-refractivity contribution is -0.124. The summed E-state index contributed by atoms with van der Waals surface area (Å²) in [5, 5.41) is 4.89. The minimum atomic E-state index is -0.453. The number of hydrogen-bond donors (Lipinski definition) is 0. The van der Waals surface area contributed by atoms with Gasteiger partial charge in [0.25, 0.3) is 0 Å². The monoisotopic (exact) mass is 543 g/mol. The lowest BCUT2D eigenvalue weighted by Gasteiger charge is -2.37. The zero-order chi connectivity index (χ0) is 27.9. The van der Waals surface area contributed by atoms with Crippen molar-refractivity contribution in [2.75, 3.05) is 24.7 Å². The van der Waals surface area contributed by atoms with E-state index in [2.05, 4.69) is 43.3 Å². The van der Waals surface area contributed by atoms with E-state index < -0.39 is 5.97 Å². The summed E-state index contributed by atoms with van der Waals surface area (Å²) in [5.74, 6) is 0.618. The largest absolute Gasteiger partial charge is 0.462 e. The van der Waals surface area contributed by atoms with Crippen molar-refractivity contribution < 1.29 is 19.1 Å². The van der Waals surface area contributed by atoms with Gasteiger partial charge in [-0.05, 0) is 87.5 Å². The van der Waals surface area contributed by atoms with Crippen LogP contribution in [0.25, 0.3) is 5.69 Å². The van der Waals surface area contributed by atoms with E-state index >= 15 is 0 Å². The van der Waals surface area contributed by atoms with Crippen molar-refractivity contribution in [2.24, 2.45) is 11.8 Å². The third-order valence-electron chi connectivity index (χ3n) is 8.32. The summed E-state index contributed by atoms with van der Waals surface area (Å²) in [6.45, 7) is 5.49. The van der Waals surface area contributed by atoms with Crippen molar-refractivity contribution in [2.45, 2.75) is 71.3 Å². The first-order valence-corrected chi connectivity index (χ1v) is 14.8. The summed E-state index contributed by atoms with van der Waals surface area (Å²) >= 11 is 0. The van der Waals surface area contributed by atoms with Crippen molar-refractivity contribution in [3.8, 4) is 5.69 Å². The molecule has 2 heterocycles. The molecule has 1 aromatic heterocycles. The smallest absolute Gasteiger partial charge is 0.343 e. The molecular formula is C33H41N3O4. The molecule has 2 aromatic carbocycles. The van der Waals surface area contributed by atoms with E-state index in [-0.39, 0.29) is 24.5 Å². The first-order valence-electron chi connectivity index (χ1n) is 14.8. The van der Waals surface area contributed by atoms with Gasteiger partial charge in [-0.3, -0.25) is 9.69 Å². The molecule has 0 bridgehead atoms. The molecule has 0 atom stereocenters. The number of esters is 1. The standard InChI is InChI=1S/C33H41N3O4/c1-3-40-33(38)30-23-35(28-17-13-26(14-18-28)12-11-25-7-5-4-6-8-25)34-31(30)36(29-19-21-39-22-20-29)32(37)27-15-9-24(2)10-16-27/h4-8,13-14,17-18,23-24,27,29H,3,9-12,15-16,19-22H2,1-2H3. The number of benzene rings is 2. The van der Waals surface area contributed by atoms with Crippen LogP contribution in [0.4, 0.5) is 5.82 Å². The maximum Gasteiger partial charge on any atom is 0.343 e. The van der Waals surface area contributed by atoms with Crippen LogP contribution in [0.15, 0.2) is 60.8 Å². The topological polar surface area (TPSA) is 73.7 Å². The second kappa shape index (κ2) is 13.3. The van der Waals surface area contributed by atoms with Crippen LogP contribution in [-0.2, 0) is 27.1 Å². The lowest BCUT2D eigenvalue weighted by Crippen LogP contribution is -2.47. The fourth-order valence-electron chi connectivity index (χ4n) is 5.88. The Kier molecular flexibility index (Phi) is 9.32. The van der Waals surface area contributed by atoms with Crippen LogP contribution in [-0.4, -0.2) is 47.5 Å². The van der Waals surface area contributed by atoms with Gasteiger partial charge >= 0.3 is 5.97 Å². The normalized spacial score (nSPS) is 19.8. The molecule has 1 aliphatic carbocycles. The number of aromatic nitrogens is 2. The summed E-state index contributed by atoms with van der Waals surface area (Å²) < 4.78 is 12.8. The quantitative estimate of drug-likeness (QED) is 0.302. The van der Waals surface area contributed by atoms with E-state index in [1.807, 2.05) is 23.1 Å². The van der Waals surface area contributed by atoms with Crippen LogP contribution >= 0.6 is 0 Å². The fraction of sp³-hybridized carbons (Fsp3) is 0.485. The molecule has 212 valence electrons. The second-order valence-corrected chi connectivity index (χ2v) is 11.2. The molecule has 5 rings (SSSR count). The zero-order valence-corrected chi connectivity index (χ0v) is 23.8. The van der Waals surface area contributed by atoms with Gasteiger partial charge < -0.3 is 9.47 Å². The Labute approximate surface area is 237 Å². The maximum atomic E-state index is 14.1. The molecule has 1 amide bonds. The van der Waals surface area contributed by atoms with Crippen molar-refractivity contribution in [1.29, 1.82) is 0 Å². The van der Waals surface area contributed by atoms with E-state index in [9.17, 15) is 9.59 Å². The highest BCUT2D eigenvalue weighted by Crippen LogP contribution is 2.34. The van der Waals surface area contributed by atoms with Crippen molar-refractivity contribution in [3.63, 3.8) is 0 Å². The van der Waals surface area contributed by atoms with Crippen LogP contribution in [0.3, 0.4) is 0 Å². The van der Waals surface area contributed by atoms with E-state index in [4.69, 9.17) is 14.6 Å². The number of rotatable bonds is 9. The number of carbonyl (C=O) groups excluding carboxylic acids is 2. The molecule has 40 heavy (non-hydrogen) atoms. The van der Waals surface area contributed by atoms with Gasteiger partial charge in [-0.25, -0.2) is 9.48 Å². The van der Waals surface area contributed by atoms with Crippen molar-refractivity contribution in [3.05, 3.63) is 77.5 Å². The number of amides is 1. The van der Waals surface area contributed by atoms with E-state index in [0.717, 1.165) is 57.1 Å². The van der Waals surface area contributed by atoms with Gasteiger partial charge in [0, 0.05) is 31.4 Å². The average Bonchev–Trinajstić information content (AvgIpc) is 3.43. The molecule has 1 aliphatic heterocycles. The minimum absolute atomic E-state index is 0.0526. The molecule has 7 heteroatoms. The van der Waals surface area contributed by atoms with Gasteiger partial charge in [-0.2, -0.15) is 0 Å². The summed E-state index contributed by atoms with van der Waals surface area (Å²) in [5.41, 5.74) is 3.72.